The quantitative estimate of drug-likeness (QED) is 0.723. The number of carboxylic acid groups (broad SMARTS) is 1. The summed E-state index contributed by atoms with van der Waals surface area (Å²) in [7, 11) is 1.70. The van der Waals surface area contributed by atoms with Gasteiger partial charge in [0.15, 0.2) is 0 Å². The van der Waals surface area contributed by atoms with Crippen LogP contribution in [0, 0.1) is 5.92 Å². The molecular formula is C16H22BrNO3. The maximum atomic E-state index is 10.6. The first-order valence-corrected chi connectivity index (χ1v) is 7.67. The van der Waals surface area contributed by atoms with Crippen molar-refractivity contribution < 1.29 is 14.6 Å². The van der Waals surface area contributed by atoms with Gasteiger partial charge in [-0.3, -0.25) is 0 Å². The van der Waals surface area contributed by atoms with Gasteiger partial charge >= 0.3 is 5.97 Å². The molecule has 4 nitrogen and oxygen atoms in total. The fourth-order valence-corrected chi connectivity index (χ4v) is 2.48. The highest BCUT2D eigenvalue weighted by molar-refractivity contribution is 9.10. The number of nitrogens with zero attached hydrogens (tertiary/aromatic N) is 1. The molecule has 1 N–H and O–H groups in total. The molecule has 0 aromatic heterocycles. The van der Waals surface area contributed by atoms with Crippen molar-refractivity contribution in [1.29, 1.82) is 0 Å². The number of halogens is 1. The molecule has 0 unspecified atom stereocenters. The van der Waals surface area contributed by atoms with Crippen LogP contribution in [0.5, 0.6) is 0 Å². The summed E-state index contributed by atoms with van der Waals surface area (Å²) >= 11 is 3.50. The zero-order valence-electron chi connectivity index (χ0n) is 12.7. The van der Waals surface area contributed by atoms with Crippen LogP contribution in [0.1, 0.15) is 19.4 Å². The molecule has 5 heteroatoms. The second-order valence-electron chi connectivity index (χ2n) is 5.21. The van der Waals surface area contributed by atoms with E-state index in [0.717, 1.165) is 34.9 Å². The van der Waals surface area contributed by atoms with E-state index in [0.29, 0.717) is 12.5 Å². The van der Waals surface area contributed by atoms with Gasteiger partial charge in [-0.15, -0.1) is 0 Å². The summed E-state index contributed by atoms with van der Waals surface area (Å²) in [5.41, 5.74) is 1.94. The average molecular weight is 356 g/mol. The molecule has 1 aromatic carbocycles. The van der Waals surface area contributed by atoms with Gasteiger partial charge in [0.2, 0.25) is 0 Å². The topological polar surface area (TPSA) is 49.8 Å². The Balaban J connectivity index is 2.94. The molecule has 1 rings (SSSR count). The van der Waals surface area contributed by atoms with Crippen LogP contribution in [-0.2, 0) is 9.53 Å². The van der Waals surface area contributed by atoms with Gasteiger partial charge in [-0.1, -0.05) is 35.8 Å². The molecule has 0 fully saturated rings. The van der Waals surface area contributed by atoms with E-state index in [-0.39, 0.29) is 0 Å². The van der Waals surface area contributed by atoms with Crippen molar-refractivity contribution in [2.45, 2.75) is 13.8 Å². The molecule has 0 aliphatic rings. The number of aliphatic carboxylic acids is 1. The summed E-state index contributed by atoms with van der Waals surface area (Å²) < 4.78 is 6.04. The highest BCUT2D eigenvalue weighted by Crippen LogP contribution is 2.25. The molecule has 0 bridgehead atoms. The summed E-state index contributed by atoms with van der Waals surface area (Å²) in [6.07, 6.45) is 2.72. The molecule has 21 heavy (non-hydrogen) atoms. The number of carbonyl (C=O) groups is 1. The van der Waals surface area contributed by atoms with Crippen molar-refractivity contribution in [3.8, 4) is 0 Å². The Labute approximate surface area is 134 Å². The lowest BCUT2D eigenvalue weighted by atomic mass is 10.1. The number of hydrogen-bond acceptors (Lipinski definition) is 3. The zero-order chi connectivity index (χ0) is 15.8. The van der Waals surface area contributed by atoms with Crippen LogP contribution in [0.4, 0.5) is 5.69 Å². The fourth-order valence-electron chi connectivity index (χ4n) is 1.98. The van der Waals surface area contributed by atoms with Crippen molar-refractivity contribution in [2.75, 3.05) is 31.7 Å². The summed E-state index contributed by atoms with van der Waals surface area (Å²) in [6.45, 7) is 6.80. The van der Waals surface area contributed by atoms with Crippen LogP contribution >= 0.6 is 15.9 Å². The lowest BCUT2D eigenvalue weighted by Gasteiger charge is -2.27. The minimum absolute atomic E-state index is 0.548. The standard InChI is InChI=1S/C16H22BrNO3/c1-12(2)11-18(8-9-21-3)14-6-4-13(15(17)10-14)5-7-16(19)20/h4-7,10,12H,8-9,11H2,1-3H3,(H,19,20)/b7-5+. The molecule has 116 valence electrons. The van der Waals surface area contributed by atoms with Gasteiger partial charge in [-0.2, -0.15) is 0 Å². The summed E-state index contributed by atoms with van der Waals surface area (Å²) in [4.78, 5) is 12.8. The third-order valence-corrected chi connectivity index (χ3v) is 3.59. The highest BCUT2D eigenvalue weighted by Gasteiger charge is 2.10. The third kappa shape index (κ3) is 6.31. The van der Waals surface area contributed by atoms with Crippen molar-refractivity contribution in [2.24, 2.45) is 5.92 Å². The predicted molar refractivity (Wildman–Crippen MR) is 89.7 cm³/mol. The van der Waals surface area contributed by atoms with E-state index in [4.69, 9.17) is 9.84 Å². The van der Waals surface area contributed by atoms with E-state index < -0.39 is 5.97 Å². The Kier molecular flexibility index (Phi) is 7.47. The molecule has 0 saturated heterocycles. The second-order valence-corrected chi connectivity index (χ2v) is 6.06. The second kappa shape index (κ2) is 8.85. The van der Waals surface area contributed by atoms with E-state index in [9.17, 15) is 4.79 Å². The van der Waals surface area contributed by atoms with Gasteiger partial charge < -0.3 is 14.7 Å². The largest absolute Gasteiger partial charge is 0.478 e. The minimum atomic E-state index is -0.951. The number of anilines is 1. The Morgan fingerprint density at radius 1 is 1.48 bits per heavy atom. The SMILES string of the molecule is COCCN(CC(C)C)c1ccc(/C=C/C(=O)O)c(Br)c1. The number of benzene rings is 1. The Morgan fingerprint density at radius 2 is 2.19 bits per heavy atom. The average Bonchev–Trinajstić information content (AvgIpc) is 2.41. The minimum Gasteiger partial charge on any atom is -0.478 e. The van der Waals surface area contributed by atoms with Crippen molar-refractivity contribution >= 4 is 33.7 Å². The third-order valence-electron chi connectivity index (χ3n) is 2.91. The number of rotatable bonds is 8. The lowest BCUT2D eigenvalue weighted by molar-refractivity contribution is -0.131. The van der Waals surface area contributed by atoms with Crippen molar-refractivity contribution in [3.63, 3.8) is 0 Å². The van der Waals surface area contributed by atoms with Gasteiger partial charge in [0.05, 0.1) is 6.61 Å². The Hall–Kier alpha value is -1.33. The molecule has 0 amide bonds. The van der Waals surface area contributed by atoms with Gasteiger partial charge in [-0.05, 0) is 29.7 Å². The fraction of sp³-hybridized carbons (Fsp3) is 0.438. The van der Waals surface area contributed by atoms with Crippen LogP contribution in [-0.4, -0.2) is 37.9 Å². The van der Waals surface area contributed by atoms with E-state index in [1.54, 1.807) is 13.2 Å². The summed E-state index contributed by atoms with van der Waals surface area (Å²) in [5, 5.41) is 8.68. The highest BCUT2D eigenvalue weighted by atomic mass is 79.9. The smallest absolute Gasteiger partial charge is 0.328 e. The van der Waals surface area contributed by atoms with E-state index in [2.05, 4.69) is 34.7 Å². The monoisotopic (exact) mass is 355 g/mol. The maximum Gasteiger partial charge on any atom is 0.328 e. The number of ether oxygens (including phenoxy) is 1. The first-order chi connectivity index (χ1) is 9.93. The van der Waals surface area contributed by atoms with Crippen LogP contribution in [0.15, 0.2) is 28.7 Å². The summed E-state index contributed by atoms with van der Waals surface area (Å²) in [6, 6.07) is 5.93. The maximum absolute atomic E-state index is 10.6. The van der Waals surface area contributed by atoms with Crippen molar-refractivity contribution in [1.82, 2.24) is 0 Å². The normalized spacial score (nSPS) is 11.3. The molecule has 0 heterocycles. The Morgan fingerprint density at radius 3 is 2.71 bits per heavy atom. The van der Waals surface area contributed by atoms with Crippen LogP contribution in [0.3, 0.4) is 0 Å². The van der Waals surface area contributed by atoms with Crippen LogP contribution in [0.25, 0.3) is 6.08 Å². The predicted octanol–water partition coefficient (Wildman–Crippen LogP) is 3.66. The molecule has 0 saturated carbocycles. The van der Waals surface area contributed by atoms with Crippen LogP contribution < -0.4 is 4.90 Å². The van der Waals surface area contributed by atoms with Gasteiger partial charge in [0, 0.05) is 36.4 Å². The molecule has 0 radical (unpaired) electrons. The lowest BCUT2D eigenvalue weighted by Crippen LogP contribution is -2.30. The number of carboxylic acids is 1. The number of hydrogen-bond donors (Lipinski definition) is 1. The zero-order valence-corrected chi connectivity index (χ0v) is 14.3. The van der Waals surface area contributed by atoms with E-state index in [1.807, 2.05) is 18.2 Å². The number of methoxy groups -OCH3 is 1. The molecule has 1 aromatic rings. The van der Waals surface area contributed by atoms with Crippen LogP contribution in [0.2, 0.25) is 0 Å². The summed E-state index contributed by atoms with van der Waals surface area (Å²) in [5.74, 6) is -0.403. The van der Waals surface area contributed by atoms with Gasteiger partial charge in [-0.25, -0.2) is 4.79 Å². The molecular weight excluding hydrogens is 334 g/mol. The molecule has 0 atom stereocenters. The molecule has 0 aliphatic heterocycles. The first-order valence-electron chi connectivity index (χ1n) is 6.88. The molecule has 0 aliphatic carbocycles. The van der Waals surface area contributed by atoms with Gasteiger partial charge in [0.1, 0.15) is 0 Å². The van der Waals surface area contributed by atoms with Gasteiger partial charge in [0.25, 0.3) is 0 Å². The first kappa shape index (κ1) is 17.7. The van der Waals surface area contributed by atoms with E-state index >= 15 is 0 Å². The van der Waals surface area contributed by atoms with E-state index in [1.165, 1.54) is 0 Å². The van der Waals surface area contributed by atoms with Crippen molar-refractivity contribution in [3.05, 3.63) is 34.3 Å². The Bertz CT molecular complexity index is 500. The molecule has 0 spiro atoms.